The maximum atomic E-state index is 12.5. The number of hydrogen-bond acceptors (Lipinski definition) is 3. The summed E-state index contributed by atoms with van der Waals surface area (Å²) in [6.07, 6.45) is 0. The lowest BCUT2D eigenvalue weighted by atomic mass is 10.1. The summed E-state index contributed by atoms with van der Waals surface area (Å²) >= 11 is 6.31. The van der Waals surface area contributed by atoms with Crippen LogP contribution in [0.3, 0.4) is 0 Å². The number of fused-ring (bicyclic) bond motifs is 1. The fourth-order valence-electron chi connectivity index (χ4n) is 2.99. The van der Waals surface area contributed by atoms with E-state index in [0.29, 0.717) is 10.7 Å². The number of nitrogens with zero attached hydrogens (tertiary/aromatic N) is 2. The third-order valence-corrected chi connectivity index (χ3v) is 6.01. The van der Waals surface area contributed by atoms with E-state index in [1.165, 1.54) is 0 Å². The molecule has 0 aliphatic carbocycles. The van der Waals surface area contributed by atoms with E-state index in [0.717, 1.165) is 22.2 Å². The van der Waals surface area contributed by atoms with Crippen molar-refractivity contribution in [1.82, 2.24) is 9.78 Å². The first kappa shape index (κ1) is 17.6. The second kappa shape index (κ2) is 6.72. The van der Waals surface area contributed by atoms with Gasteiger partial charge in [-0.15, -0.1) is 0 Å². The lowest BCUT2D eigenvalue weighted by Gasteiger charge is -2.08. The highest BCUT2D eigenvalue weighted by Gasteiger charge is 2.17. The Balaban J connectivity index is 1.76. The molecule has 0 bridgehead atoms. The summed E-state index contributed by atoms with van der Waals surface area (Å²) in [5.74, 6) is 0. The predicted octanol–water partition coefficient (Wildman–Crippen LogP) is 4.69. The van der Waals surface area contributed by atoms with Crippen molar-refractivity contribution in [2.24, 2.45) is 7.05 Å². The van der Waals surface area contributed by atoms with Crippen LogP contribution in [0.2, 0.25) is 5.02 Å². The van der Waals surface area contributed by atoms with Crippen molar-refractivity contribution in [3.8, 4) is 11.3 Å². The molecule has 0 aliphatic heterocycles. The Morgan fingerprint density at radius 3 is 2.41 bits per heavy atom. The largest absolute Gasteiger partial charge is 0.280 e. The molecule has 0 atom stereocenters. The molecule has 5 nitrogen and oxygen atoms in total. The highest BCUT2D eigenvalue weighted by molar-refractivity contribution is 7.92. The van der Waals surface area contributed by atoms with Crippen molar-refractivity contribution in [1.29, 1.82) is 0 Å². The van der Waals surface area contributed by atoms with E-state index >= 15 is 0 Å². The number of halogens is 1. The average molecular weight is 398 g/mol. The molecule has 0 radical (unpaired) electrons. The molecular weight excluding hydrogens is 382 g/mol. The van der Waals surface area contributed by atoms with Crippen LogP contribution in [0.25, 0.3) is 22.2 Å². The molecule has 4 rings (SSSR count). The Hall–Kier alpha value is -2.83. The smallest absolute Gasteiger partial charge is 0.261 e. The van der Waals surface area contributed by atoms with E-state index in [2.05, 4.69) is 9.82 Å². The highest BCUT2D eigenvalue weighted by Crippen LogP contribution is 2.33. The van der Waals surface area contributed by atoms with Gasteiger partial charge in [-0.2, -0.15) is 5.10 Å². The molecule has 0 amide bonds. The lowest BCUT2D eigenvalue weighted by molar-refractivity contribution is 0.601. The maximum absolute atomic E-state index is 12.5. The molecule has 4 aromatic rings. The first-order chi connectivity index (χ1) is 13.0. The Kier molecular flexibility index (Phi) is 4.37. The van der Waals surface area contributed by atoms with Crippen LogP contribution in [0.15, 0.2) is 77.7 Å². The van der Waals surface area contributed by atoms with Crippen molar-refractivity contribution in [3.05, 3.63) is 77.8 Å². The predicted molar refractivity (Wildman–Crippen MR) is 108 cm³/mol. The number of anilines is 1. The van der Waals surface area contributed by atoms with Crippen LogP contribution in [-0.2, 0) is 17.1 Å². The molecule has 0 aliphatic rings. The third kappa shape index (κ3) is 3.29. The van der Waals surface area contributed by atoms with Gasteiger partial charge in [0.2, 0.25) is 0 Å². The third-order valence-electron chi connectivity index (χ3n) is 4.29. The van der Waals surface area contributed by atoms with Crippen LogP contribution in [0.5, 0.6) is 0 Å². The van der Waals surface area contributed by atoms with Gasteiger partial charge >= 0.3 is 0 Å². The van der Waals surface area contributed by atoms with E-state index in [4.69, 9.17) is 11.6 Å². The van der Waals surface area contributed by atoms with Crippen LogP contribution in [0, 0.1) is 0 Å². The monoisotopic (exact) mass is 397 g/mol. The summed E-state index contributed by atoms with van der Waals surface area (Å²) in [7, 11) is -1.83. The van der Waals surface area contributed by atoms with E-state index in [1.54, 1.807) is 47.1 Å². The van der Waals surface area contributed by atoms with Crippen LogP contribution >= 0.6 is 11.6 Å². The van der Waals surface area contributed by atoms with Gasteiger partial charge in [0.1, 0.15) is 5.69 Å². The van der Waals surface area contributed by atoms with Crippen LogP contribution < -0.4 is 4.72 Å². The Bertz CT molecular complexity index is 1230. The highest BCUT2D eigenvalue weighted by atomic mass is 35.5. The fraction of sp³-hybridized carbons (Fsp3) is 0.0500. The van der Waals surface area contributed by atoms with Crippen molar-refractivity contribution in [3.63, 3.8) is 0 Å². The zero-order valence-electron chi connectivity index (χ0n) is 14.4. The topological polar surface area (TPSA) is 64.0 Å². The number of hydrogen-bond donors (Lipinski definition) is 1. The van der Waals surface area contributed by atoms with Crippen molar-refractivity contribution < 1.29 is 8.42 Å². The van der Waals surface area contributed by atoms with Crippen molar-refractivity contribution in [2.75, 3.05) is 4.72 Å². The summed E-state index contributed by atoms with van der Waals surface area (Å²) in [6, 6.07) is 21.1. The normalized spacial score (nSPS) is 11.6. The van der Waals surface area contributed by atoms with Gasteiger partial charge in [-0.3, -0.25) is 9.40 Å². The van der Waals surface area contributed by atoms with Crippen molar-refractivity contribution in [2.45, 2.75) is 4.90 Å². The minimum absolute atomic E-state index is 0.215. The molecule has 3 aromatic carbocycles. The van der Waals surface area contributed by atoms with Crippen molar-refractivity contribution >= 4 is 38.2 Å². The van der Waals surface area contributed by atoms with E-state index in [1.807, 2.05) is 37.4 Å². The van der Waals surface area contributed by atoms with Crippen LogP contribution in [0.1, 0.15) is 0 Å². The summed E-state index contributed by atoms with van der Waals surface area (Å²) in [5, 5.41) is 6.09. The Morgan fingerprint density at radius 2 is 1.67 bits per heavy atom. The number of aromatic nitrogens is 2. The number of nitrogens with one attached hydrogen (secondary N) is 1. The molecule has 0 unspecified atom stereocenters. The lowest BCUT2D eigenvalue weighted by Crippen LogP contribution is -2.12. The number of sulfonamides is 1. The van der Waals surface area contributed by atoms with Crippen LogP contribution in [-0.4, -0.2) is 18.2 Å². The second-order valence-electron chi connectivity index (χ2n) is 6.10. The number of benzene rings is 3. The summed E-state index contributed by atoms with van der Waals surface area (Å²) in [4.78, 5) is 0.215. The van der Waals surface area contributed by atoms with Gasteiger partial charge in [0.25, 0.3) is 10.0 Å². The minimum Gasteiger partial charge on any atom is -0.280 e. The molecule has 1 N–H and O–H groups in total. The van der Waals surface area contributed by atoms with Gasteiger partial charge in [0.05, 0.1) is 21.1 Å². The Morgan fingerprint density at radius 1 is 0.963 bits per heavy atom. The Labute approximate surface area is 162 Å². The van der Waals surface area contributed by atoms with Gasteiger partial charge in [-0.05, 0) is 36.4 Å². The molecule has 27 heavy (non-hydrogen) atoms. The SMILES string of the molecule is Cn1nc(-c2ccccc2Cl)c2ccc(NS(=O)(=O)c3ccccc3)cc21. The molecule has 7 heteroatoms. The van der Waals surface area contributed by atoms with Gasteiger partial charge in [-0.25, -0.2) is 8.42 Å². The molecule has 0 fully saturated rings. The van der Waals surface area contributed by atoms with Gasteiger partial charge in [0, 0.05) is 18.0 Å². The van der Waals surface area contributed by atoms with Gasteiger partial charge in [-0.1, -0.05) is 48.0 Å². The maximum Gasteiger partial charge on any atom is 0.261 e. The van der Waals surface area contributed by atoms with Gasteiger partial charge in [0.15, 0.2) is 0 Å². The zero-order valence-corrected chi connectivity index (χ0v) is 16.0. The van der Waals surface area contributed by atoms with E-state index < -0.39 is 10.0 Å². The van der Waals surface area contributed by atoms with Crippen LogP contribution in [0.4, 0.5) is 5.69 Å². The average Bonchev–Trinajstić information content (AvgIpc) is 2.99. The second-order valence-corrected chi connectivity index (χ2v) is 8.19. The molecule has 0 saturated heterocycles. The first-order valence-electron chi connectivity index (χ1n) is 8.25. The number of rotatable bonds is 4. The molecule has 1 heterocycles. The summed E-state index contributed by atoms with van der Waals surface area (Å²) < 4.78 is 29.4. The first-order valence-corrected chi connectivity index (χ1v) is 10.1. The number of aryl methyl sites for hydroxylation is 1. The fourth-order valence-corrected chi connectivity index (χ4v) is 4.28. The van der Waals surface area contributed by atoms with Gasteiger partial charge < -0.3 is 0 Å². The summed E-state index contributed by atoms with van der Waals surface area (Å²) in [5.41, 5.74) is 2.87. The molecule has 1 aromatic heterocycles. The standard InChI is InChI=1S/C20H16ClN3O2S/c1-24-19-13-14(23-27(25,26)15-7-3-2-4-8-15)11-12-17(19)20(22-24)16-9-5-6-10-18(16)21/h2-13,23H,1H3. The molecular formula is C20H16ClN3O2S. The quantitative estimate of drug-likeness (QED) is 0.543. The van der Waals surface area contributed by atoms with E-state index in [9.17, 15) is 8.42 Å². The minimum atomic E-state index is -3.65. The zero-order chi connectivity index (χ0) is 19.0. The summed E-state index contributed by atoms with van der Waals surface area (Å²) in [6.45, 7) is 0. The van der Waals surface area contributed by atoms with E-state index in [-0.39, 0.29) is 4.90 Å². The molecule has 0 spiro atoms. The molecule has 136 valence electrons. The molecule has 0 saturated carbocycles.